The smallest absolute Gasteiger partial charge is 0.250 e. The van der Waals surface area contributed by atoms with Gasteiger partial charge >= 0.3 is 0 Å². The van der Waals surface area contributed by atoms with E-state index in [0.29, 0.717) is 0 Å². The number of piperidine rings is 1. The number of nitrogens with one attached hydrogen (secondary N) is 2. The molecule has 1 fully saturated rings. The van der Waals surface area contributed by atoms with E-state index in [-0.39, 0.29) is 40.3 Å². The first-order valence-corrected chi connectivity index (χ1v) is 10.2. The number of halogens is 5. The lowest BCUT2D eigenvalue weighted by molar-refractivity contribution is 0.170. The Balaban J connectivity index is 2.02. The first-order chi connectivity index (χ1) is 13.2. The molecule has 0 atom stereocenters. The van der Waals surface area contributed by atoms with Crippen LogP contribution in [0.2, 0.25) is 0 Å². The Morgan fingerprint density at radius 3 is 2.24 bits per heavy atom. The number of hydrogen-bond donors (Lipinski definition) is 2. The fraction of sp³-hybridized carbons (Fsp3) is 0.526. The van der Waals surface area contributed by atoms with Crippen LogP contribution in [0, 0.1) is 11.6 Å². The Labute approximate surface area is 183 Å². The lowest BCUT2D eigenvalue weighted by Crippen LogP contribution is -2.60. The number of alkyl halides is 3. The summed E-state index contributed by atoms with van der Waals surface area (Å²) in [6, 6.07) is 3.01. The van der Waals surface area contributed by atoms with Crippen molar-refractivity contribution < 1.29 is 8.78 Å². The maximum absolute atomic E-state index is 14.3. The van der Waals surface area contributed by atoms with Gasteiger partial charge in [0.2, 0.25) is 9.74 Å². The van der Waals surface area contributed by atoms with Crippen LogP contribution in [0.3, 0.4) is 0 Å². The minimum absolute atomic E-state index is 0.0112. The molecule has 5 nitrogen and oxygen atoms in total. The highest BCUT2D eigenvalue weighted by atomic mass is 35.6. The van der Waals surface area contributed by atoms with E-state index in [9.17, 15) is 8.78 Å². The molecule has 2 heterocycles. The molecule has 0 bridgehead atoms. The van der Waals surface area contributed by atoms with E-state index >= 15 is 0 Å². The second-order valence-corrected chi connectivity index (χ2v) is 10.9. The van der Waals surface area contributed by atoms with Crippen LogP contribution < -0.4 is 10.6 Å². The van der Waals surface area contributed by atoms with Crippen LogP contribution in [0.5, 0.6) is 0 Å². The fourth-order valence-corrected chi connectivity index (χ4v) is 4.22. The van der Waals surface area contributed by atoms with Crippen molar-refractivity contribution in [2.75, 3.05) is 5.32 Å². The molecule has 0 spiro atoms. The molecule has 1 aliphatic heterocycles. The predicted molar refractivity (Wildman–Crippen MR) is 112 cm³/mol. The molecular formula is C19H22Cl3F2N5. The van der Waals surface area contributed by atoms with E-state index in [0.717, 1.165) is 31.0 Å². The summed E-state index contributed by atoms with van der Waals surface area (Å²) in [4.78, 5) is 12.5. The van der Waals surface area contributed by atoms with Crippen LogP contribution in [0.1, 0.15) is 46.4 Å². The molecule has 29 heavy (non-hydrogen) atoms. The first-order valence-electron chi connectivity index (χ1n) is 9.09. The molecule has 2 N–H and O–H groups in total. The fourth-order valence-electron chi connectivity index (χ4n) is 3.96. The minimum Gasteiger partial charge on any atom is -0.351 e. The Kier molecular flexibility index (Phi) is 6.00. The Morgan fingerprint density at radius 1 is 1.03 bits per heavy atom. The summed E-state index contributed by atoms with van der Waals surface area (Å²) in [5.41, 5.74) is -0.388. The van der Waals surface area contributed by atoms with Gasteiger partial charge in [-0.15, -0.1) is 0 Å². The number of nitrogens with zero attached hydrogens (tertiary/aromatic N) is 3. The zero-order chi connectivity index (χ0) is 21.6. The summed E-state index contributed by atoms with van der Waals surface area (Å²) in [6.07, 6.45) is 1.57. The van der Waals surface area contributed by atoms with Crippen LogP contribution in [0.15, 0.2) is 18.2 Å². The average molecular weight is 465 g/mol. The van der Waals surface area contributed by atoms with Gasteiger partial charge in [0.25, 0.3) is 0 Å². The highest BCUT2D eigenvalue weighted by molar-refractivity contribution is 6.66. The number of benzene rings is 1. The van der Waals surface area contributed by atoms with Gasteiger partial charge in [-0.25, -0.2) is 13.8 Å². The van der Waals surface area contributed by atoms with Gasteiger partial charge in [-0.1, -0.05) is 34.8 Å². The van der Waals surface area contributed by atoms with Gasteiger partial charge in [-0.05, 0) is 58.7 Å². The van der Waals surface area contributed by atoms with Crippen LogP contribution in [-0.2, 0) is 3.79 Å². The van der Waals surface area contributed by atoms with Crippen molar-refractivity contribution in [3.63, 3.8) is 0 Å². The van der Waals surface area contributed by atoms with Crippen molar-refractivity contribution >= 4 is 40.8 Å². The zero-order valence-electron chi connectivity index (χ0n) is 16.5. The molecule has 1 aromatic heterocycles. The van der Waals surface area contributed by atoms with Gasteiger partial charge in [-0.2, -0.15) is 9.97 Å². The highest BCUT2D eigenvalue weighted by Crippen LogP contribution is 2.37. The maximum atomic E-state index is 14.3. The van der Waals surface area contributed by atoms with Crippen LogP contribution >= 0.6 is 34.8 Å². The van der Waals surface area contributed by atoms with E-state index in [1.807, 2.05) is 0 Å². The highest BCUT2D eigenvalue weighted by Gasteiger charge is 2.38. The quantitative estimate of drug-likeness (QED) is 0.598. The lowest BCUT2D eigenvalue weighted by Gasteiger charge is -2.46. The molecule has 0 saturated carbocycles. The SMILES string of the molecule is CC1(C)CC(Nc2nc(-c3cc(F)ccc3F)nc(C(Cl)(Cl)Cl)n2)CC(C)(C)N1. The van der Waals surface area contributed by atoms with E-state index in [1.54, 1.807) is 0 Å². The number of hydrogen-bond acceptors (Lipinski definition) is 5. The third kappa shape index (κ3) is 5.66. The van der Waals surface area contributed by atoms with Crippen molar-refractivity contribution in [2.24, 2.45) is 0 Å². The molecule has 0 aliphatic carbocycles. The van der Waals surface area contributed by atoms with Crippen molar-refractivity contribution in [3.8, 4) is 11.4 Å². The Hall–Kier alpha value is -1.28. The molecule has 0 radical (unpaired) electrons. The van der Waals surface area contributed by atoms with Gasteiger partial charge in [0.05, 0.1) is 5.56 Å². The van der Waals surface area contributed by atoms with Gasteiger partial charge in [-0.3, -0.25) is 0 Å². The molecule has 1 aliphatic rings. The topological polar surface area (TPSA) is 62.7 Å². The van der Waals surface area contributed by atoms with Gasteiger partial charge in [0.15, 0.2) is 11.6 Å². The normalized spacial score (nSPS) is 19.2. The average Bonchev–Trinajstić information content (AvgIpc) is 2.53. The molecular weight excluding hydrogens is 443 g/mol. The summed E-state index contributed by atoms with van der Waals surface area (Å²) < 4.78 is 26.0. The summed E-state index contributed by atoms with van der Waals surface area (Å²) >= 11 is 17.9. The van der Waals surface area contributed by atoms with E-state index in [2.05, 4.69) is 53.3 Å². The maximum Gasteiger partial charge on any atom is 0.250 e. The van der Waals surface area contributed by atoms with Crippen molar-refractivity contribution in [1.82, 2.24) is 20.3 Å². The van der Waals surface area contributed by atoms with Gasteiger partial charge in [0, 0.05) is 17.1 Å². The molecule has 0 unspecified atom stereocenters. The number of anilines is 1. The van der Waals surface area contributed by atoms with Gasteiger partial charge in [0.1, 0.15) is 11.6 Å². The molecule has 3 rings (SSSR count). The summed E-state index contributed by atoms with van der Waals surface area (Å²) in [5.74, 6) is -1.48. The summed E-state index contributed by atoms with van der Waals surface area (Å²) in [5, 5.41) is 6.84. The van der Waals surface area contributed by atoms with Crippen molar-refractivity contribution in [2.45, 2.75) is 61.4 Å². The standard InChI is InChI=1S/C19H22Cl3F2N5/c1-17(2)8-11(9-18(3,4)29-17)25-16-27-14(26-15(28-16)19(20,21)22)12-7-10(23)5-6-13(12)24/h5-7,11,29H,8-9H2,1-4H3,(H,25,26,27,28). The molecule has 158 valence electrons. The monoisotopic (exact) mass is 463 g/mol. The third-order valence-electron chi connectivity index (χ3n) is 4.58. The van der Waals surface area contributed by atoms with Crippen LogP contribution in [0.25, 0.3) is 11.4 Å². The second-order valence-electron chi connectivity index (χ2n) is 8.57. The molecule has 10 heteroatoms. The molecule has 2 aromatic rings. The minimum atomic E-state index is -1.95. The van der Waals surface area contributed by atoms with E-state index < -0.39 is 15.4 Å². The van der Waals surface area contributed by atoms with Gasteiger partial charge < -0.3 is 10.6 Å². The van der Waals surface area contributed by atoms with E-state index in [1.165, 1.54) is 0 Å². The molecule has 1 aromatic carbocycles. The van der Waals surface area contributed by atoms with Crippen LogP contribution in [0.4, 0.5) is 14.7 Å². The zero-order valence-corrected chi connectivity index (χ0v) is 18.7. The number of aromatic nitrogens is 3. The lowest BCUT2D eigenvalue weighted by atomic mass is 9.80. The molecule has 1 saturated heterocycles. The Morgan fingerprint density at radius 2 is 1.66 bits per heavy atom. The molecule has 0 amide bonds. The summed E-state index contributed by atoms with van der Waals surface area (Å²) in [7, 11) is 0. The largest absolute Gasteiger partial charge is 0.351 e. The summed E-state index contributed by atoms with van der Waals surface area (Å²) in [6.45, 7) is 8.43. The Bertz CT molecular complexity index is 899. The third-order valence-corrected chi connectivity index (χ3v) is 5.09. The predicted octanol–water partition coefficient (Wildman–Crippen LogP) is 5.36. The first kappa shape index (κ1) is 22.4. The number of rotatable bonds is 3. The second kappa shape index (κ2) is 7.76. The van der Waals surface area contributed by atoms with Crippen molar-refractivity contribution in [1.29, 1.82) is 0 Å². The van der Waals surface area contributed by atoms with Crippen LogP contribution in [-0.4, -0.2) is 32.1 Å². The van der Waals surface area contributed by atoms with E-state index in [4.69, 9.17) is 34.8 Å². The van der Waals surface area contributed by atoms with Crippen molar-refractivity contribution in [3.05, 3.63) is 35.7 Å².